The molecule has 1 aromatic carbocycles. The van der Waals surface area contributed by atoms with Crippen LogP contribution in [0.1, 0.15) is 16.1 Å². The second-order valence-corrected chi connectivity index (χ2v) is 3.78. The van der Waals surface area contributed by atoms with E-state index in [1.54, 1.807) is 12.3 Å². The number of aromatic carboxylic acids is 1. The molecule has 0 radical (unpaired) electrons. The van der Waals surface area contributed by atoms with E-state index < -0.39 is 5.97 Å². The van der Waals surface area contributed by atoms with Gasteiger partial charge in [-0.05, 0) is 30.3 Å². The van der Waals surface area contributed by atoms with Gasteiger partial charge in [0.15, 0.2) is 0 Å². The monoisotopic (exact) mass is 243 g/mol. The molecule has 0 unspecified atom stereocenters. The van der Waals surface area contributed by atoms with Crippen LogP contribution in [0.2, 0.25) is 0 Å². The van der Waals surface area contributed by atoms with E-state index in [2.05, 4.69) is 10.3 Å². The summed E-state index contributed by atoms with van der Waals surface area (Å²) in [6.45, 7) is 0.494. The lowest BCUT2D eigenvalue weighted by Gasteiger charge is -2.09. The number of nitrogens with zero attached hydrogens (tertiary/aromatic N) is 1. The van der Waals surface area contributed by atoms with Gasteiger partial charge in [0.1, 0.15) is 0 Å². The lowest BCUT2D eigenvalue weighted by atomic mass is 10.1. The van der Waals surface area contributed by atoms with E-state index in [1.807, 2.05) is 18.2 Å². The minimum atomic E-state index is -0.976. The predicted octanol–water partition coefficient (Wildman–Crippen LogP) is 1.97. The number of benzene rings is 1. The molecule has 0 aliphatic rings. The molecular weight excluding hydrogens is 230 g/mol. The van der Waals surface area contributed by atoms with Gasteiger partial charge < -0.3 is 16.2 Å². The molecule has 5 nitrogen and oxygen atoms in total. The molecule has 1 aromatic heterocycles. The van der Waals surface area contributed by atoms with Crippen LogP contribution >= 0.6 is 0 Å². The molecule has 0 saturated carbocycles. The van der Waals surface area contributed by atoms with Crippen LogP contribution in [0.4, 0.5) is 11.4 Å². The van der Waals surface area contributed by atoms with Gasteiger partial charge in [0.2, 0.25) is 0 Å². The quantitative estimate of drug-likeness (QED) is 0.714. The smallest absolute Gasteiger partial charge is 0.335 e. The maximum absolute atomic E-state index is 10.9. The van der Waals surface area contributed by atoms with Crippen molar-refractivity contribution in [2.45, 2.75) is 6.54 Å². The van der Waals surface area contributed by atoms with Crippen LogP contribution in [0.3, 0.4) is 0 Å². The summed E-state index contributed by atoms with van der Waals surface area (Å²) in [5, 5.41) is 12.0. The zero-order chi connectivity index (χ0) is 13.0. The van der Waals surface area contributed by atoms with Gasteiger partial charge in [-0.15, -0.1) is 0 Å². The van der Waals surface area contributed by atoms with Crippen LogP contribution in [0.15, 0.2) is 42.6 Å². The minimum absolute atomic E-state index is 0.202. The maximum atomic E-state index is 10.9. The number of hydrogen-bond donors (Lipinski definition) is 3. The third-order valence-electron chi connectivity index (χ3n) is 2.49. The summed E-state index contributed by atoms with van der Waals surface area (Å²) in [6.07, 6.45) is 1.70. The van der Waals surface area contributed by atoms with Crippen molar-refractivity contribution in [3.8, 4) is 0 Å². The van der Waals surface area contributed by atoms with Crippen molar-refractivity contribution in [1.29, 1.82) is 0 Å². The molecule has 0 aliphatic heterocycles. The number of hydrogen-bond acceptors (Lipinski definition) is 4. The standard InChI is InChI=1S/C13H13N3O2/c14-11-5-4-9(13(17)18)7-12(11)16-8-10-3-1-2-6-15-10/h1-7,16H,8,14H2,(H,17,18). The van der Waals surface area contributed by atoms with Crippen molar-refractivity contribution in [2.75, 3.05) is 11.1 Å². The summed E-state index contributed by atoms with van der Waals surface area (Å²) in [7, 11) is 0. The summed E-state index contributed by atoms with van der Waals surface area (Å²) in [5.41, 5.74) is 7.95. The number of rotatable bonds is 4. The van der Waals surface area contributed by atoms with E-state index in [0.717, 1.165) is 5.69 Å². The first kappa shape index (κ1) is 11.9. The van der Waals surface area contributed by atoms with E-state index in [4.69, 9.17) is 10.8 Å². The second kappa shape index (κ2) is 5.18. The van der Waals surface area contributed by atoms with Gasteiger partial charge in [-0.3, -0.25) is 4.98 Å². The second-order valence-electron chi connectivity index (χ2n) is 3.78. The Morgan fingerprint density at radius 1 is 1.33 bits per heavy atom. The Morgan fingerprint density at radius 2 is 2.17 bits per heavy atom. The summed E-state index contributed by atoms with van der Waals surface area (Å²) in [4.78, 5) is 15.0. The van der Waals surface area contributed by atoms with Gasteiger partial charge in [0.25, 0.3) is 0 Å². The zero-order valence-electron chi connectivity index (χ0n) is 9.63. The Hall–Kier alpha value is -2.56. The third kappa shape index (κ3) is 2.76. The SMILES string of the molecule is Nc1ccc(C(=O)O)cc1NCc1ccccn1. The van der Waals surface area contributed by atoms with Crippen LogP contribution < -0.4 is 11.1 Å². The Bertz CT molecular complexity index is 555. The Labute approximate surface area is 104 Å². The molecule has 0 fully saturated rings. The lowest BCUT2D eigenvalue weighted by molar-refractivity contribution is 0.0697. The molecule has 2 aromatic rings. The first-order valence-corrected chi connectivity index (χ1v) is 5.43. The fraction of sp³-hybridized carbons (Fsp3) is 0.0769. The van der Waals surface area contributed by atoms with Crippen molar-refractivity contribution in [2.24, 2.45) is 0 Å². The van der Waals surface area contributed by atoms with Gasteiger partial charge in [-0.1, -0.05) is 6.07 Å². The van der Waals surface area contributed by atoms with E-state index in [0.29, 0.717) is 17.9 Å². The topological polar surface area (TPSA) is 88.2 Å². The molecule has 5 heteroatoms. The number of anilines is 2. The Kier molecular flexibility index (Phi) is 3.43. The lowest BCUT2D eigenvalue weighted by Crippen LogP contribution is -2.05. The van der Waals surface area contributed by atoms with Crippen molar-refractivity contribution >= 4 is 17.3 Å². The van der Waals surface area contributed by atoms with Gasteiger partial charge in [0.05, 0.1) is 29.2 Å². The number of carboxylic acids is 1. The van der Waals surface area contributed by atoms with Gasteiger partial charge in [-0.25, -0.2) is 4.79 Å². The molecule has 0 atom stereocenters. The van der Waals surface area contributed by atoms with Gasteiger partial charge in [0, 0.05) is 6.20 Å². The van der Waals surface area contributed by atoms with Crippen molar-refractivity contribution in [3.05, 3.63) is 53.9 Å². The van der Waals surface area contributed by atoms with Crippen LogP contribution in [0.5, 0.6) is 0 Å². The van der Waals surface area contributed by atoms with E-state index in [1.165, 1.54) is 12.1 Å². The van der Waals surface area contributed by atoms with Crippen molar-refractivity contribution < 1.29 is 9.90 Å². The third-order valence-corrected chi connectivity index (χ3v) is 2.49. The molecule has 92 valence electrons. The maximum Gasteiger partial charge on any atom is 0.335 e. The average molecular weight is 243 g/mol. The summed E-state index contributed by atoms with van der Waals surface area (Å²) in [5.74, 6) is -0.976. The van der Waals surface area contributed by atoms with Crippen LogP contribution in [0.25, 0.3) is 0 Å². The molecule has 0 amide bonds. The zero-order valence-corrected chi connectivity index (χ0v) is 9.63. The highest BCUT2D eigenvalue weighted by molar-refractivity contribution is 5.90. The number of nitrogens with two attached hydrogens (primary N) is 1. The normalized spacial score (nSPS) is 10.0. The molecule has 0 bridgehead atoms. The number of carbonyl (C=O) groups is 1. The first-order chi connectivity index (χ1) is 8.66. The average Bonchev–Trinajstić information content (AvgIpc) is 2.38. The predicted molar refractivity (Wildman–Crippen MR) is 69.4 cm³/mol. The Morgan fingerprint density at radius 3 is 2.83 bits per heavy atom. The highest BCUT2D eigenvalue weighted by Gasteiger charge is 2.06. The summed E-state index contributed by atoms with van der Waals surface area (Å²) < 4.78 is 0. The first-order valence-electron chi connectivity index (χ1n) is 5.43. The largest absolute Gasteiger partial charge is 0.478 e. The fourth-order valence-corrected chi connectivity index (χ4v) is 1.53. The van der Waals surface area contributed by atoms with Crippen molar-refractivity contribution in [3.63, 3.8) is 0 Å². The number of pyridine rings is 1. The molecule has 18 heavy (non-hydrogen) atoms. The van der Waals surface area contributed by atoms with Gasteiger partial charge in [-0.2, -0.15) is 0 Å². The highest BCUT2D eigenvalue weighted by Crippen LogP contribution is 2.20. The van der Waals surface area contributed by atoms with Gasteiger partial charge >= 0.3 is 5.97 Å². The van der Waals surface area contributed by atoms with Crippen LogP contribution in [-0.2, 0) is 6.54 Å². The molecule has 2 rings (SSSR count). The molecule has 0 saturated heterocycles. The molecular formula is C13H13N3O2. The highest BCUT2D eigenvalue weighted by atomic mass is 16.4. The Balaban J connectivity index is 2.14. The summed E-state index contributed by atoms with van der Waals surface area (Å²) in [6, 6.07) is 10.2. The number of nitrogens with one attached hydrogen (secondary N) is 1. The molecule has 4 N–H and O–H groups in total. The number of nitrogen functional groups attached to an aromatic ring is 1. The fourth-order valence-electron chi connectivity index (χ4n) is 1.53. The van der Waals surface area contributed by atoms with Crippen LogP contribution in [-0.4, -0.2) is 16.1 Å². The van der Waals surface area contributed by atoms with Crippen LogP contribution in [0, 0.1) is 0 Å². The molecule has 0 aliphatic carbocycles. The molecule has 1 heterocycles. The van der Waals surface area contributed by atoms with E-state index in [-0.39, 0.29) is 5.56 Å². The van der Waals surface area contributed by atoms with E-state index >= 15 is 0 Å². The number of aromatic nitrogens is 1. The van der Waals surface area contributed by atoms with Crippen molar-refractivity contribution in [1.82, 2.24) is 4.98 Å². The molecule has 0 spiro atoms. The minimum Gasteiger partial charge on any atom is -0.478 e. The number of carboxylic acid groups (broad SMARTS) is 1. The summed E-state index contributed by atoms with van der Waals surface area (Å²) >= 11 is 0. The van der Waals surface area contributed by atoms with E-state index in [9.17, 15) is 4.79 Å².